The minimum absolute atomic E-state index is 0.534. The van der Waals surface area contributed by atoms with Crippen molar-refractivity contribution >= 4 is 27.5 Å². The number of nitrogens with zero attached hydrogens (tertiary/aromatic N) is 5. The number of fused-ring (bicyclic) bond motifs is 3. The molecule has 0 spiro atoms. The number of aromatic nitrogens is 4. The van der Waals surface area contributed by atoms with E-state index in [0.717, 1.165) is 33.4 Å². The number of benzene rings is 5. The van der Waals surface area contributed by atoms with Crippen LogP contribution in [0, 0.1) is 6.57 Å². The molecule has 0 aliphatic rings. The van der Waals surface area contributed by atoms with Crippen LogP contribution in [0.4, 0.5) is 5.69 Å². The topological polar surface area (TPSA) is 48.0 Å². The first-order valence-corrected chi connectivity index (χ1v) is 12.7. The van der Waals surface area contributed by atoms with E-state index in [1.165, 1.54) is 10.8 Å². The maximum atomic E-state index is 7.43. The molecular weight excluding hydrogens is 478 g/mol. The molecule has 0 bridgehead atoms. The molecule has 39 heavy (non-hydrogen) atoms. The quantitative estimate of drug-likeness (QED) is 0.228. The Morgan fingerprint density at radius 2 is 1.00 bits per heavy atom. The Labute approximate surface area is 225 Å². The zero-order chi connectivity index (χ0) is 26.2. The van der Waals surface area contributed by atoms with Crippen LogP contribution in [-0.4, -0.2) is 19.5 Å². The maximum absolute atomic E-state index is 7.43. The minimum Gasteiger partial charge on any atom is -0.309 e. The average molecular weight is 500 g/mol. The third-order valence-corrected chi connectivity index (χ3v) is 6.84. The smallest absolute Gasteiger partial charge is 0.187 e. The molecule has 0 aliphatic carbocycles. The molecule has 7 aromatic rings. The number of rotatable bonds is 4. The lowest BCUT2D eigenvalue weighted by Gasteiger charge is -2.11. The van der Waals surface area contributed by atoms with Gasteiger partial charge in [-0.15, -0.1) is 0 Å². The van der Waals surface area contributed by atoms with Crippen molar-refractivity contribution in [3.05, 3.63) is 139 Å². The predicted molar refractivity (Wildman–Crippen MR) is 157 cm³/mol. The summed E-state index contributed by atoms with van der Waals surface area (Å²) in [6, 6.07) is 42.5. The maximum Gasteiger partial charge on any atom is 0.187 e. The van der Waals surface area contributed by atoms with E-state index in [1.807, 2.05) is 60.7 Å². The standard InChI is InChI=1S/C34H21N5/c1-35-26-15-9-13-24(21-26)33-36-32(23-11-3-2-4-12-23)37-34(38-33)25-14-10-16-27(22-25)39-30-19-7-5-17-28(30)29-18-6-8-20-31(29)39/h2-22H. The van der Waals surface area contributed by atoms with Gasteiger partial charge in [0.15, 0.2) is 23.2 Å². The van der Waals surface area contributed by atoms with Crippen molar-refractivity contribution in [3.63, 3.8) is 0 Å². The van der Waals surface area contributed by atoms with Crippen molar-refractivity contribution < 1.29 is 0 Å². The van der Waals surface area contributed by atoms with Crippen molar-refractivity contribution in [1.82, 2.24) is 19.5 Å². The summed E-state index contributed by atoms with van der Waals surface area (Å²) in [5.74, 6) is 1.70. The van der Waals surface area contributed by atoms with E-state index in [9.17, 15) is 0 Å². The summed E-state index contributed by atoms with van der Waals surface area (Å²) in [6.45, 7) is 7.43. The molecule has 7 rings (SSSR count). The number of para-hydroxylation sites is 2. The Morgan fingerprint density at radius 3 is 1.64 bits per heavy atom. The Kier molecular flexibility index (Phi) is 5.42. The van der Waals surface area contributed by atoms with Crippen LogP contribution in [0.5, 0.6) is 0 Å². The summed E-state index contributed by atoms with van der Waals surface area (Å²) < 4.78 is 2.29. The summed E-state index contributed by atoms with van der Waals surface area (Å²) >= 11 is 0. The van der Waals surface area contributed by atoms with E-state index in [2.05, 4.69) is 70.1 Å². The number of hydrogen-bond donors (Lipinski definition) is 0. The zero-order valence-corrected chi connectivity index (χ0v) is 20.9. The highest BCUT2D eigenvalue weighted by Gasteiger charge is 2.15. The van der Waals surface area contributed by atoms with Gasteiger partial charge in [-0.05, 0) is 30.3 Å². The van der Waals surface area contributed by atoms with Crippen LogP contribution in [0.2, 0.25) is 0 Å². The summed E-state index contributed by atoms with van der Waals surface area (Å²) in [5.41, 5.74) is 6.44. The Hall–Kier alpha value is -5.60. The van der Waals surface area contributed by atoms with Crippen LogP contribution < -0.4 is 0 Å². The van der Waals surface area contributed by atoms with E-state index in [0.29, 0.717) is 23.2 Å². The molecule has 0 fully saturated rings. The fourth-order valence-corrected chi connectivity index (χ4v) is 5.05. The van der Waals surface area contributed by atoms with Crippen LogP contribution in [-0.2, 0) is 0 Å². The summed E-state index contributed by atoms with van der Waals surface area (Å²) in [4.78, 5) is 18.2. The van der Waals surface area contributed by atoms with E-state index >= 15 is 0 Å². The summed E-state index contributed by atoms with van der Waals surface area (Å²) in [5, 5.41) is 2.43. The van der Waals surface area contributed by atoms with Crippen molar-refractivity contribution in [1.29, 1.82) is 0 Å². The molecule has 0 N–H and O–H groups in total. The third-order valence-electron chi connectivity index (χ3n) is 6.84. The van der Waals surface area contributed by atoms with Crippen LogP contribution >= 0.6 is 0 Å². The first kappa shape index (κ1) is 22.6. The largest absolute Gasteiger partial charge is 0.309 e. The van der Waals surface area contributed by atoms with Gasteiger partial charge < -0.3 is 4.57 Å². The molecule has 0 unspecified atom stereocenters. The van der Waals surface area contributed by atoms with Crippen molar-refractivity contribution in [2.24, 2.45) is 0 Å². The van der Waals surface area contributed by atoms with Crippen LogP contribution in [0.3, 0.4) is 0 Å². The van der Waals surface area contributed by atoms with Gasteiger partial charge in [0, 0.05) is 33.2 Å². The van der Waals surface area contributed by atoms with Gasteiger partial charge in [0.1, 0.15) is 0 Å². The lowest BCUT2D eigenvalue weighted by atomic mass is 10.1. The second-order valence-corrected chi connectivity index (χ2v) is 9.25. The fourth-order valence-electron chi connectivity index (χ4n) is 5.05. The van der Waals surface area contributed by atoms with Gasteiger partial charge in [0.05, 0.1) is 17.6 Å². The molecule has 0 saturated heterocycles. The monoisotopic (exact) mass is 499 g/mol. The van der Waals surface area contributed by atoms with Crippen LogP contribution in [0.25, 0.3) is 66.5 Å². The highest BCUT2D eigenvalue weighted by Crippen LogP contribution is 2.33. The van der Waals surface area contributed by atoms with Gasteiger partial charge in [-0.2, -0.15) is 0 Å². The Morgan fingerprint density at radius 1 is 0.487 bits per heavy atom. The second-order valence-electron chi connectivity index (χ2n) is 9.25. The van der Waals surface area contributed by atoms with E-state index < -0.39 is 0 Å². The molecule has 0 atom stereocenters. The van der Waals surface area contributed by atoms with Crippen LogP contribution in [0.1, 0.15) is 0 Å². The zero-order valence-electron chi connectivity index (χ0n) is 20.9. The molecule has 5 aromatic carbocycles. The Balaban J connectivity index is 1.44. The Bertz CT molecular complexity index is 1980. The first-order chi connectivity index (χ1) is 19.3. The second kappa shape index (κ2) is 9.37. The molecule has 0 radical (unpaired) electrons. The molecule has 0 amide bonds. The van der Waals surface area contributed by atoms with Gasteiger partial charge in [-0.25, -0.2) is 19.8 Å². The molecule has 2 aromatic heterocycles. The lowest BCUT2D eigenvalue weighted by molar-refractivity contribution is 1.07. The third kappa shape index (κ3) is 4.01. The van der Waals surface area contributed by atoms with Gasteiger partial charge in [0.2, 0.25) is 0 Å². The molecule has 0 saturated carbocycles. The molecule has 2 heterocycles. The minimum atomic E-state index is 0.534. The molecular formula is C34H21N5. The average Bonchev–Trinajstić information content (AvgIpc) is 3.36. The fraction of sp³-hybridized carbons (Fsp3) is 0. The van der Waals surface area contributed by atoms with E-state index in [-0.39, 0.29) is 0 Å². The van der Waals surface area contributed by atoms with Gasteiger partial charge in [0.25, 0.3) is 0 Å². The normalized spacial score (nSPS) is 11.1. The highest BCUT2D eigenvalue weighted by molar-refractivity contribution is 6.09. The lowest BCUT2D eigenvalue weighted by Crippen LogP contribution is -2.01. The summed E-state index contributed by atoms with van der Waals surface area (Å²) in [7, 11) is 0. The predicted octanol–water partition coefficient (Wildman–Crippen LogP) is 8.52. The number of hydrogen-bond acceptors (Lipinski definition) is 3. The van der Waals surface area contributed by atoms with Crippen molar-refractivity contribution in [2.45, 2.75) is 0 Å². The van der Waals surface area contributed by atoms with Crippen molar-refractivity contribution in [3.8, 4) is 39.9 Å². The van der Waals surface area contributed by atoms with Crippen molar-refractivity contribution in [2.75, 3.05) is 0 Å². The summed E-state index contributed by atoms with van der Waals surface area (Å²) in [6.07, 6.45) is 0. The molecule has 5 nitrogen and oxygen atoms in total. The van der Waals surface area contributed by atoms with E-state index in [1.54, 1.807) is 6.07 Å². The van der Waals surface area contributed by atoms with Crippen LogP contribution in [0.15, 0.2) is 127 Å². The van der Waals surface area contributed by atoms with Gasteiger partial charge >= 0.3 is 0 Å². The molecule has 182 valence electrons. The van der Waals surface area contributed by atoms with Gasteiger partial charge in [-0.3, -0.25) is 0 Å². The molecule has 5 heteroatoms. The van der Waals surface area contributed by atoms with Gasteiger partial charge in [-0.1, -0.05) is 97.1 Å². The SMILES string of the molecule is [C-]#[N+]c1cccc(-c2nc(-c3ccccc3)nc(-c3cccc(-n4c5ccccc5c5ccccc54)c3)n2)c1. The van der Waals surface area contributed by atoms with E-state index in [4.69, 9.17) is 21.5 Å². The highest BCUT2D eigenvalue weighted by atomic mass is 15.0. The molecule has 0 aliphatic heterocycles. The first-order valence-electron chi connectivity index (χ1n) is 12.7.